The van der Waals surface area contributed by atoms with Crippen molar-refractivity contribution >= 4 is 32.8 Å². The van der Waals surface area contributed by atoms with Crippen LogP contribution >= 0.6 is 11.3 Å². The second-order valence-electron chi connectivity index (χ2n) is 2.86. The normalized spacial score (nSPS) is 10.6. The summed E-state index contributed by atoms with van der Waals surface area (Å²) in [4.78, 5) is 13.3. The van der Waals surface area contributed by atoms with Crippen molar-refractivity contribution in [2.24, 2.45) is 0 Å². The minimum Gasteiger partial charge on any atom is -0.375 e. The molecule has 0 saturated heterocycles. The van der Waals surface area contributed by atoms with Gasteiger partial charge in [-0.2, -0.15) is 0 Å². The third-order valence-electron chi connectivity index (χ3n) is 1.70. The predicted molar refractivity (Wildman–Crippen MR) is 58.4 cm³/mol. The van der Waals surface area contributed by atoms with Crippen LogP contribution in [-0.2, 0) is 0 Å². The van der Waals surface area contributed by atoms with E-state index in [1.807, 2.05) is 0 Å². The lowest BCUT2D eigenvalue weighted by Gasteiger charge is -2.00. The minimum atomic E-state index is 0.530. The first-order chi connectivity index (χ1) is 6.79. The number of hydrogen-bond donors (Lipinski definition) is 2. The standard InChI is InChI=1S/C8H11N5S/c1-2-3-10-8-11-4-5-6(13-8)14-7(9)12-5/h4H,2-3H2,1H3,(H2,9,12)(H,10,11,13). The van der Waals surface area contributed by atoms with E-state index in [9.17, 15) is 0 Å². The highest BCUT2D eigenvalue weighted by molar-refractivity contribution is 7.21. The smallest absolute Gasteiger partial charge is 0.224 e. The van der Waals surface area contributed by atoms with Crippen molar-refractivity contribution in [3.05, 3.63) is 6.20 Å². The molecule has 0 aromatic carbocycles. The number of nitrogens with zero attached hydrogens (tertiary/aromatic N) is 3. The van der Waals surface area contributed by atoms with E-state index in [0.29, 0.717) is 11.1 Å². The SMILES string of the molecule is CCCNc1ncc2nc(N)sc2n1. The van der Waals surface area contributed by atoms with Gasteiger partial charge in [0, 0.05) is 6.54 Å². The first-order valence-corrected chi connectivity index (χ1v) is 5.24. The van der Waals surface area contributed by atoms with Crippen LogP contribution < -0.4 is 11.1 Å². The lowest BCUT2D eigenvalue weighted by atomic mass is 10.5. The summed E-state index contributed by atoms with van der Waals surface area (Å²) in [7, 11) is 0. The van der Waals surface area contributed by atoms with Crippen LogP contribution in [0.3, 0.4) is 0 Å². The molecule has 0 saturated carbocycles. The second-order valence-corrected chi connectivity index (χ2v) is 3.87. The van der Waals surface area contributed by atoms with E-state index in [-0.39, 0.29) is 0 Å². The average molecular weight is 209 g/mol. The summed E-state index contributed by atoms with van der Waals surface area (Å²) in [6.07, 6.45) is 2.74. The highest BCUT2D eigenvalue weighted by Gasteiger charge is 2.03. The van der Waals surface area contributed by atoms with Crippen molar-refractivity contribution < 1.29 is 0 Å². The Bertz CT molecular complexity index is 438. The van der Waals surface area contributed by atoms with Crippen LogP contribution in [0.2, 0.25) is 0 Å². The van der Waals surface area contributed by atoms with Crippen LogP contribution in [0.25, 0.3) is 10.3 Å². The van der Waals surface area contributed by atoms with Crippen LogP contribution in [0.4, 0.5) is 11.1 Å². The highest BCUT2D eigenvalue weighted by Crippen LogP contribution is 2.21. The molecule has 0 bridgehead atoms. The van der Waals surface area contributed by atoms with Crippen molar-refractivity contribution in [2.75, 3.05) is 17.6 Å². The molecule has 0 unspecified atom stereocenters. The van der Waals surface area contributed by atoms with Crippen molar-refractivity contribution in [2.45, 2.75) is 13.3 Å². The number of nitrogens with two attached hydrogens (primary N) is 1. The van der Waals surface area contributed by atoms with Gasteiger partial charge in [-0.05, 0) is 6.42 Å². The Morgan fingerprint density at radius 1 is 1.50 bits per heavy atom. The summed E-state index contributed by atoms with van der Waals surface area (Å²) in [5.41, 5.74) is 6.32. The highest BCUT2D eigenvalue weighted by atomic mass is 32.1. The number of rotatable bonds is 3. The Balaban J connectivity index is 2.31. The summed E-state index contributed by atoms with van der Waals surface area (Å²) in [6.45, 7) is 2.97. The van der Waals surface area contributed by atoms with E-state index in [1.165, 1.54) is 11.3 Å². The molecule has 0 amide bonds. The molecule has 3 N–H and O–H groups in total. The summed E-state index contributed by atoms with van der Waals surface area (Å²) >= 11 is 1.38. The molecule has 2 aromatic heterocycles. The maximum Gasteiger partial charge on any atom is 0.224 e. The van der Waals surface area contributed by atoms with E-state index >= 15 is 0 Å². The zero-order valence-corrected chi connectivity index (χ0v) is 8.64. The summed E-state index contributed by atoms with van der Waals surface area (Å²) in [5, 5.41) is 3.64. The lowest BCUT2D eigenvalue weighted by molar-refractivity contribution is 0.957. The number of hydrogen-bond acceptors (Lipinski definition) is 6. The molecule has 0 aliphatic carbocycles. The Morgan fingerprint density at radius 2 is 2.36 bits per heavy atom. The molecule has 14 heavy (non-hydrogen) atoms. The number of anilines is 2. The molecule has 0 radical (unpaired) electrons. The van der Waals surface area contributed by atoms with Crippen LogP contribution in [-0.4, -0.2) is 21.5 Å². The van der Waals surface area contributed by atoms with E-state index in [2.05, 4.69) is 27.2 Å². The number of thiazole rings is 1. The van der Waals surface area contributed by atoms with Crippen molar-refractivity contribution in [1.29, 1.82) is 0 Å². The molecule has 0 atom stereocenters. The largest absolute Gasteiger partial charge is 0.375 e. The van der Waals surface area contributed by atoms with Crippen molar-refractivity contribution in [3.8, 4) is 0 Å². The Hall–Kier alpha value is -1.43. The molecule has 2 rings (SSSR count). The van der Waals surface area contributed by atoms with E-state index in [1.54, 1.807) is 6.20 Å². The van der Waals surface area contributed by atoms with Crippen molar-refractivity contribution in [3.63, 3.8) is 0 Å². The first-order valence-electron chi connectivity index (χ1n) is 4.42. The molecule has 0 aliphatic heterocycles. The molecule has 74 valence electrons. The molecule has 5 nitrogen and oxygen atoms in total. The Labute approximate surface area is 85.4 Å². The number of nitrogens with one attached hydrogen (secondary N) is 1. The molecule has 0 spiro atoms. The molecule has 6 heteroatoms. The zero-order chi connectivity index (χ0) is 9.97. The van der Waals surface area contributed by atoms with Gasteiger partial charge in [0.15, 0.2) is 9.96 Å². The fourth-order valence-corrected chi connectivity index (χ4v) is 1.75. The number of nitrogen functional groups attached to an aromatic ring is 1. The number of aromatic nitrogens is 3. The molecule has 2 aromatic rings. The van der Waals surface area contributed by atoms with Gasteiger partial charge in [-0.1, -0.05) is 18.3 Å². The predicted octanol–water partition coefficient (Wildman–Crippen LogP) is 1.49. The molecule has 0 fully saturated rings. The topological polar surface area (TPSA) is 76.7 Å². The summed E-state index contributed by atoms with van der Waals surface area (Å²) in [6, 6.07) is 0. The third-order valence-corrected chi connectivity index (χ3v) is 2.49. The maximum atomic E-state index is 5.56. The van der Waals surface area contributed by atoms with Gasteiger partial charge in [0.25, 0.3) is 0 Å². The molecule has 0 aliphatic rings. The van der Waals surface area contributed by atoms with Gasteiger partial charge in [0.1, 0.15) is 5.52 Å². The molecule has 2 heterocycles. The molecular formula is C8H11N5S. The average Bonchev–Trinajstić information content (AvgIpc) is 2.54. The van der Waals surface area contributed by atoms with Gasteiger partial charge in [-0.25, -0.2) is 15.0 Å². The fourth-order valence-electron chi connectivity index (χ4n) is 1.07. The van der Waals surface area contributed by atoms with Gasteiger partial charge >= 0.3 is 0 Å². The van der Waals surface area contributed by atoms with Gasteiger partial charge in [0.2, 0.25) is 5.95 Å². The molecular weight excluding hydrogens is 198 g/mol. The van der Waals surface area contributed by atoms with Gasteiger partial charge in [0.05, 0.1) is 6.20 Å². The van der Waals surface area contributed by atoms with Gasteiger partial charge < -0.3 is 11.1 Å². The van der Waals surface area contributed by atoms with Crippen LogP contribution in [0.1, 0.15) is 13.3 Å². The van der Waals surface area contributed by atoms with Gasteiger partial charge in [-0.3, -0.25) is 0 Å². The lowest BCUT2D eigenvalue weighted by Crippen LogP contribution is -2.03. The van der Waals surface area contributed by atoms with Gasteiger partial charge in [-0.15, -0.1) is 0 Å². The number of fused-ring (bicyclic) bond motifs is 1. The second kappa shape index (κ2) is 3.75. The van der Waals surface area contributed by atoms with Crippen LogP contribution in [0, 0.1) is 0 Å². The zero-order valence-electron chi connectivity index (χ0n) is 7.82. The van der Waals surface area contributed by atoms with Crippen LogP contribution in [0.5, 0.6) is 0 Å². The fraction of sp³-hybridized carbons (Fsp3) is 0.375. The van der Waals surface area contributed by atoms with Crippen molar-refractivity contribution in [1.82, 2.24) is 15.0 Å². The monoisotopic (exact) mass is 209 g/mol. The van der Waals surface area contributed by atoms with E-state index in [0.717, 1.165) is 23.3 Å². The Kier molecular flexibility index (Phi) is 2.45. The first kappa shape index (κ1) is 9.14. The summed E-state index contributed by atoms with van der Waals surface area (Å²) in [5.74, 6) is 0.642. The third kappa shape index (κ3) is 1.74. The van der Waals surface area contributed by atoms with E-state index < -0.39 is 0 Å². The van der Waals surface area contributed by atoms with Crippen LogP contribution in [0.15, 0.2) is 6.20 Å². The minimum absolute atomic E-state index is 0.530. The Morgan fingerprint density at radius 3 is 3.14 bits per heavy atom. The quantitative estimate of drug-likeness (QED) is 0.800. The summed E-state index contributed by atoms with van der Waals surface area (Å²) < 4.78 is 0. The maximum absolute atomic E-state index is 5.56. The van der Waals surface area contributed by atoms with E-state index in [4.69, 9.17) is 5.73 Å².